The van der Waals surface area contributed by atoms with Crippen molar-refractivity contribution < 1.29 is 9.47 Å². The smallest absolute Gasteiger partial charge is 0.321 e. The molecule has 0 unspecified atom stereocenters. The van der Waals surface area contributed by atoms with E-state index < -0.39 is 0 Å². The van der Waals surface area contributed by atoms with E-state index in [0.717, 1.165) is 0 Å². The van der Waals surface area contributed by atoms with Crippen LogP contribution in [0, 0.1) is 0 Å². The van der Waals surface area contributed by atoms with E-state index in [2.05, 4.69) is 19.9 Å². The summed E-state index contributed by atoms with van der Waals surface area (Å²) in [7, 11) is 1.56. The molecule has 18 heavy (non-hydrogen) atoms. The van der Waals surface area contributed by atoms with Gasteiger partial charge in [-0.25, -0.2) is 0 Å². The molecule has 2 aromatic rings. The van der Waals surface area contributed by atoms with E-state index >= 15 is 0 Å². The third-order valence-electron chi connectivity index (χ3n) is 2.11. The molecule has 94 valence electrons. The van der Waals surface area contributed by atoms with Gasteiger partial charge in [-0.05, 0) is 13.0 Å². The van der Waals surface area contributed by atoms with Gasteiger partial charge in [-0.15, -0.1) is 0 Å². The molecule has 0 aliphatic heterocycles. The number of nitrogens with two attached hydrogens (primary N) is 1. The van der Waals surface area contributed by atoms with Crippen molar-refractivity contribution in [1.82, 2.24) is 19.9 Å². The second kappa shape index (κ2) is 5.26. The normalized spacial score (nSPS) is 10.1. The van der Waals surface area contributed by atoms with Gasteiger partial charge >= 0.3 is 6.01 Å². The number of aromatic nitrogens is 4. The van der Waals surface area contributed by atoms with Crippen molar-refractivity contribution in [3.8, 4) is 23.1 Å². The number of rotatable bonds is 4. The molecule has 2 heterocycles. The van der Waals surface area contributed by atoms with Gasteiger partial charge < -0.3 is 15.2 Å². The highest BCUT2D eigenvalue weighted by atomic mass is 16.5. The Labute approximate surface area is 104 Å². The van der Waals surface area contributed by atoms with Crippen LogP contribution in [0.2, 0.25) is 0 Å². The standard InChI is InChI=1S/C11H13N5O2/c1-3-18-11-15-9(14-10(12)16-11)7-4-8(17-2)6-13-5-7/h4-6H,3H2,1-2H3,(H2,12,14,15,16). The Balaban J connectivity index is 2.42. The zero-order chi connectivity index (χ0) is 13.0. The fourth-order valence-corrected chi connectivity index (χ4v) is 1.35. The van der Waals surface area contributed by atoms with Crippen LogP contribution in [0.1, 0.15) is 6.92 Å². The van der Waals surface area contributed by atoms with E-state index in [1.165, 1.54) is 0 Å². The molecule has 0 fully saturated rings. The van der Waals surface area contributed by atoms with Gasteiger partial charge in [-0.1, -0.05) is 0 Å². The summed E-state index contributed by atoms with van der Waals surface area (Å²) in [6.45, 7) is 2.30. The molecular weight excluding hydrogens is 234 g/mol. The number of hydrogen-bond acceptors (Lipinski definition) is 7. The number of anilines is 1. The van der Waals surface area contributed by atoms with Gasteiger partial charge in [0, 0.05) is 11.8 Å². The molecule has 0 bridgehead atoms. The van der Waals surface area contributed by atoms with Crippen molar-refractivity contribution in [2.45, 2.75) is 6.92 Å². The second-order valence-corrected chi connectivity index (χ2v) is 3.35. The molecule has 2 N–H and O–H groups in total. The van der Waals surface area contributed by atoms with Crippen molar-refractivity contribution in [3.63, 3.8) is 0 Å². The maximum atomic E-state index is 5.60. The number of methoxy groups -OCH3 is 1. The first-order chi connectivity index (χ1) is 8.72. The van der Waals surface area contributed by atoms with E-state index in [1.54, 1.807) is 25.6 Å². The van der Waals surface area contributed by atoms with Crippen LogP contribution in [0.15, 0.2) is 18.5 Å². The molecule has 0 aromatic carbocycles. The number of pyridine rings is 1. The summed E-state index contributed by atoms with van der Waals surface area (Å²) in [6, 6.07) is 1.96. The summed E-state index contributed by atoms with van der Waals surface area (Å²) in [6.07, 6.45) is 3.21. The third kappa shape index (κ3) is 2.62. The number of ether oxygens (including phenoxy) is 2. The maximum absolute atomic E-state index is 5.60. The van der Waals surface area contributed by atoms with E-state index in [0.29, 0.717) is 23.7 Å². The summed E-state index contributed by atoms with van der Waals surface area (Å²) in [5.74, 6) is 1.12. The first kappa shape index (κ1) is 12.0. The quantitative estimate of drug-likeness (QED) is 0.858. The van der Waals surface area contributed by atoms with Crippen molar-refractivity contribution in [2.24, 2.45) is 0 Å². The molecule has 0 saturated heterocycles. The summed E-state index contributed by atoms with van der Waals surface area (Å²) < 4.78 is 10.3. The number of hydrogen-bond donors (Lipinski definition) is 1. The van der Waals surface area contributed by atoms with Gasteiger partial charge in [0.15, 0.2) is 5.82 Å². The van der Waals surface area contributed by atoms with Gasteiger partial charge in [-0.2, -0.15) is 15.0 Å². The fraction of sp³-hybridized carbons (Fsp3) is 0.273. The van der Waals surface area contributed by atoms with E-state index in [-0.39, 0.29) is 12.0 Å². The predicted molar refractivity (Wildman–Crippen MR) is 65.2 cm³/mol. The van der Waals surface area contributed by atoms with Crippen LogP contribution in [0.4, 0.5) is 5.95 Å². The molecule has 0 spiro atoms. The minimum Gasteiger partial charge on any atom is -0.495 e. The lowest BCUT2D eigenvalue weighted by Crippen LogP contribution is -2.04. The van der Waals surface area contributed by atoms with Crippen LogP contribution < -0.4 is 15.2 Å². The molecule has 2 rings (SSSR count). The van der Waals surface area contributed by atoms with Gasteiger partial charge in [0.05, 0.1) is 19.9 Å². The van der Waals surface area contributed by atoms with Crippen LogP contribution in [0.5, 0.6) is 11.8 Å². The highest BCUT2D eigenvalue weighted by Gasteiger charge is 2.08. The first-order valence-corrected chi connectivity index (χ1v) is 5.36. The number of nitrogens with zero attached hydrogens (tertiary/aromatic N) is 4. The largest absolute Gasteiger partial charge is 0.495 e. The third-order valence-corrected chi connectivity index (χ3v) is 2.11. The Kier molecular flexibility index (Phi) is 3.52. The second-order valence-electron chi connectivity index (χ2n) is 3.35. The Morgan fingerprint density at radius 2 is 2.06 bits per heavy atom. The minimum atomic E-state index is 0.103. The fourth-order valence-electron chi connectivity index (χ4n) is 1.35. The summed E-state index contributed by atoms with van der Waals surface area (Å²) in [5, 5.41) is 0. The molecule has 0 aliphatic rings. The zero-order valence-corrected chi connectivity index (χ0v) is 10.1. The van der Waals surface area contributed by atoms with Gasteiger partial charge in [0.1, 0.15) is 5.75 Å². The average molecular weight is 247 g/mol. The molecule has 7 nitrogen and oxygen atoms in total. The topological polar surface area (TPSA) is 96.0 Å². The summed E-state index contributed by atoms with van der Waals surface area (Å²) in [4.78, 5) is 16.1. The van der Waals surface area contributed by atoms with Crippen molar-refractivity contribution in [3.05, 3.63) is 18.5 Å². The van der Waals surface area contributed by atoms with Gasteiger partial charge in [0.2, 0.25) is 5.95 Å². The summed E-state index contributed by atoms with van der Waals surface area (Å²) in [5.41, 5.74) is 6.29. The molecule has 0 aliphatic carbocycles. The van der Waals surface area contributed by atoms with Crippen molar-refractivity contribution in [2.75, 3.05) is 19.5 Å². The van der Waals surface area contributed by atoms with E-state index in [4.69, 9.17) is 15.2 Å². The Morgan fingerprint density at radius 1 is 1.22 bits per heavy atom. The van der Waals surface area contributed by atoms with Gasteiger partial charge in [-0.3, -0.25) is 4.98 Å². The maximum Gasteiger partial charge on any atom is 0.321 e. The minimum absolute atomic E-state index is 0.103. The zero-order valence-electron chi connectivity index (χ0n) is 10.1. The molecule has 0 amide bonds. The lowest BCUT2D eigenvalue weighted by atomic mass is 10.2. The van der Waals surface area contributed by atoms with E-state index in [9.17, 15) is 0 Å². The average Bonchev–Trinajstić information content (AvgIpc) is 2.38. The van der Waals surface area contributed by atoms with Crippen molar-refractivity contribution >= 4 is 5.95 Å². The first-order valence-electron chi connectivity index (χ1n) is 5.36. The lowest BCUT2D eigenvalue weighted by Gasteiger charge is -2.05. The molecular formula is C11H13N5O2. The molecule has 0 saturated carbocycles. The lowest BCUT2D eigenvalue weighted by molar-refractivity contribution is 0.312. The molecule has 7 heteroatoms. The number of nitrogen functional groups attached to an aromatic ring is 1. The Bertz CT molecular complexity index is 547. The Morgan fingerprint density at radius 3 is 2.78 bits per heavy atom. The SMILES string of the molecule is CCOc1nc(N)nc(-c2cncc(OC)c2)n1. The monoisotopic (exact) mass is 247 g/mol. The van der Waals surface area contributed by atoms with Crippen LogP contribution in [-0.2, 0) is 0 Å². The van der Waals surface area contributed by atoms with Crippen molar-refractivity contribution in [1.29, 1.82) is 0 Å². The molecule has 0 atom stereocenters. The van der Waals surface area contributed by atoms with Crippen LogP contribution in [0.3, 0.4) is 0 Å². The highest BCUT2D eigenvalue weighted by Crippen LogP contribution is 2.20. The van der Waals surface area contributed by atoms with E-state index in [1.807, 2.05) is 6.92 Å². The Hall–Kier alpha value is -2.44. The van der Waals surface area contributed by atoms with Crippen LogP contribution in [0.25, 0.3) is 11.4 Å². The highest BCUT2D eigenvalue weighted by molar-refractivity contribution is 5.56. The predicted octanol–water partition coefficient (Wildman–Crippen LogP) is 0.923. The summed E-state index contributed by atoms with van der Waals surface area (Å²) >= 11 is 0. The molecule has 2 aromatic heterocycles. The van der Waals surface area contributed by atoms with Gasteiger partial charge in [0.25, 0.3) is 0 Å². The van der Waals surface area contributed by atoms with Crippen LogP contribution in [-0.4, -0.2) is 33.7 Å². The molecule has 0 radical (unpaired) electrons. The van der Waals surface area contributed by atoms with Crippen LogP contribution >= 0.6 is 0 Å².